The second kappa shape index (κ2) is 15.2. The molecule has 0 saturated heterocycles. The fourth-order valence-corrected chi connectivity index (χ4v) is 3.77. The van der Waals surface area contributed by atoms with Gasteiger partial charge in [0.15, 0.2) is 0 Å². The molecule has 37 heavy (non-hydrogen) atoms. The van der Waals surface area contributed by atoms with Crippen molar-refractivity contribution in [1.29, 1.82) is 0 Å². The number of hydrogen-bond donors (Lipinski definition) is 2. The molecule has 0 radical (unpaired) electrons. The third kappa shape index (κ3) is 11.7. The summed E-state index contributed by atoms with van der Waals surface area (Å²) in [7, 11) is 0. The van der Waals surface area contributed by atoms with E-state index in [-0.39, 0.29) is 25.6 Å². The van der Waals surface area contributed by atoms with Crippen LogP contribution in [0.2, 0.25) is 0 Å². The molecule has 9 nitrogen and oxygen atoms in total. The lowest BCUT2D eigenvalue weighted by Gasteiger charge is -2.38. The van der Waals surface area contributed by atoms with E-state index in [0.717, 1.165) is 6.42 Å². The van der Waals surface area contributed by atoms with E-state index < -0.39 is 41.6 Å². The van der Waals surface area contributed by atoms with Crippen LogP contribution in [0.25, 0.3) is 0 Å². The number of carbonyl (C=O) groups excluding carboxylic acids is 4. The van der Waals surface area contributed by atoms with Crippen LogP contribution in [0.1, 0.15) is 86.3 Å². The molecule has 0 spiro atoms. The van der Waals surface area contributed by atoms with Gasteiger partial charge in [-0.3, -0.25) is 14.4 Å². The fraction of sp³-hybridized carbons (Fsp3) is 0.643. The van der Waals surface area contributed by atoms with Gasteiger partial charge in [-0.1, -0.05) is 44.2 Å². The van der Waals surface area contributed by atoms with Gasteiger partial charge in [0.2, 0.25) is 11.8 Å². The van der Waals surface area contributed by atoms with Gasteiger partial charge in [0.1, 0.15) is 17.7 Å². The van der Waals surface area contributed by atoms with Crippen LogP contribution in [-0.4, -0.2) is 59.6 Å². The largest absolute Gasteiger partial charge is 0.466 e. The van der Waals surface area contributed by atoms with E-state index in [4.69, 9.17) is 9.47 Å². The van der Waals surface area contributed by atoms with E-state index in [0.29, 0.717) is 17.9 Å². The standard InChI is InChI=1S/C28H45N3O6/c1-9-36-23(32)17-18-29-25(33)24(22-13-11-10-12-14-22)31(20(4)16-15-19(2)3)26(34)21(5)30-27(35)37-28(6,7)8/h10-14,19-21,24H,9,15-18H2,1-8H3,(H,29,33)(H,30,35). The molecular formula is C28H45N3O6. The molecule has 0 aliphatic rings. The van der Waals surface area contributed by atoms with Gasteiger partial charge < -0.3 is 25.0 Å². The highest BCUT2D eigenvalue weighted by atomic mass is 16.6. The van der Waals surface area contributed by atoms with Crippen molar-refractivity contribution < 1.29 is 28.7 Å². The lowest BCUT2D eigenvalue weighted by atomic mass is 9.97. The van der Waals surface area contributed by atoms with Gasteiger partial charge in [-0.2, -0.15) is 0 Å². The summed E-state index contributed by atoms with van der Waals surface area (Å²) in [6.07, 6.45) is 0.833. The Balaban J connectivity index is 3.30. The number of esters is 1. The molecule has 208 valence electrons. The van der Waals surface area contributed by atoms with Gasteiger partial charge in [-0.05, 0) is 65.9 Å². The van der Waals surface area contributed by atoms with Crippen LogP contribution in [0.3, 0.4) is 0 Å². The molecule has 2 N–H and O–H groups in total. The average Bonchev–Trinajstić information content (AvgIpc) is 2.79. The number of benzene rings is 1. The molecule has 0 aromatic heterocycles. The lowest BCUT2D eigenvalue weighted by Crippen LogP contribution is -2.54. The van der Waals surface area contributed by atoms with E-state index in [9.17, 15) is 19.2 Å². The van der Waals surface area contributed by atoms with Crippen LogP contribution in [0.5, 0.6) is 0 Å². The predicted molar refractivity (Wildman–Crippen MR) is 143 cm³/mol. The van der Waals surface area contributed by atoms with Crippen LogP contribution in [-0.2, 0) is 23.9 Å². The Morgan fingerprint density at radius 3 is 2.14 bits per heavy atom. The Bertz CT molecular complexity index is 882. The molecule has 0 heterocycles. The van der Waals surface area contributed by atoms with Gasteiger partial charge in [0, 0.05) is 12.6 Å². The first kappa shape index (κ1) is 31.9. The maximum Gasteiger partial charge on any atom is 0.408 e. The number of alkyl carbamates (subject to hydrolysis) is 1. The van der Waals surface area contributed by atoms with E-state index in [1.54, 1.807) is 63.8 Å². The summed E-state index contributed by atoms with van der Waals surface area (Å²) in [6, 6.07) is 6.82. The zero-order chi connectivity index (χ0) is 28.2. The Morgan fingerprint density at radius 2 is 1.59 bits per heavy atom. The average molecular weight is 520 g/mol. The number of hydrogen-bond acceptors (Lipinski definition) is 6. The van der Waals surface area contributed by atoms with Gasteiger partial charge >= 0.3 is 12.1 Å². The molecule has 3 amide bonds. The van der Waals surface area contributed by atoms with Gasteiger partial charge in [-0.25, -0.2) is 4.79 Å². The Kier molecular flexibility index (Phi) is 13.1. The molecule has 1 aromatic rings. The normalized spacial score (nSPS) is 13.8. The van der Waals surface area contributed by atoms with Crippen molar-refractivity contribution in [3.05, 3.63) is 35.9 Å². The highest BCUT2D eigenvalue weighted by Gasteiger charge is 2.37. The Hall–Kier alpha value is -3.10. The van der Waals surface area contributed by atoms with Gasteiger partial charge in [-0.15, -0.1) is 0 Å². The van der Waals surface area contributed by atoms with E-state index >= 15 is 0 Å². The zero-order valence-electron chi connectivity index (χ0n) is 23.6. The van der Waals surface area contributed by atoms with Crippen molar-refractivity contribution in [3.63, 3.8) is 0 Å². The minimum absolute atomic E-state index is 0.0224. The van der Waals surface area contributed by atoms with E-state index in [1.165, 1.54) is 0 Å². The van der Waals surface area contributed by atoms with Crippen LogP contribution in [0.4, 0.5) is 4.79 Å². The number of nitrogens with zero attached hydrogens (tertiary/aromatic N) is 1. The molecule has 3 unspecified atom stereocenters. The minimum atomic E-state index is -0.957. The summed E-state index contributed by atoms with van der Waals surface area (Å²) in [4.78, 5) is 53.0. The quantitative estimate of drug-likeness (QED) is 0.374. The van der Waals surface area contributed by atoms with Crippen LogP contribution in [0, 0.1) is 5.92 Å². The first-order valence-corrected chi connectivity index (χ1v) is 13.1. The monoisotopic (exact) mass is 519 g/mol. The molecule has 0 fully saturated rings. The van der Waals surface area contributed by atoms with Crippen molar-refractivity contribution in [2.24, 2.45) is 5.92 Å². The number of ether oxygens (including phenoxy) is 2. The van der Waals surface area contributed by atoms with Crippen molar-refractivity contribution >= 4 is 23.9 Å². The summed E-state index contributed by atoms with van der Waals surface area (Å²) in [5, 5.41) is 5.40. The smallest absolute Gasteiger partial charge is 0.408 e. The van der Waals surface area contributed by atoms with Crippen molar-refractivity contribution in [2.75, 3.05) is 13.2 Å². The number of nitrogens with one attached hydrogen (secondary N) is 2. The molecule has 0 bridgehead atoms. The second-order valence-electron chi connectivity index (χ2n) is 10.6. The molecule has 0 aliphatic carbocycles. The summed E-state index contributed by atoms with van der Waals surface area (Å²) in [5.41, 5.74) is -0.0898. The third-order valence-corrected chi connectivity index (χ3v) is 5.57. The molecule has 1 aromatic carbocycles. The maximum absolute atomic E-state index is 13.8. The van der Waals surface area contributed by atoms with Crippen molar-refractivity contribution in [1.82, 2.24) is 15.5 Å². The fourth-order valence-electron chi connectivity index (χ4n) is 3.77. The SMILES string of the molecule is CCOC(=O)CCNC(=O)C(c1ccccc1)N(C(=O)C(C)NC(=O)OC(C)(C)C)C(C)CCC(C)C. The van der Waals surface area contributed by atoms with E-state index in [1.807, 2.05) is 13.0 Å². The topological polar surface area (TPSA) is 114 Å². The summed E-state index contributed by atoms with van der Waals surface area (Å²) in [5.74, 6) is -0.820. The third-order valence-electron chi connectivity index (χ3n) is 5.57. The van der Waals surface area contributed by atoms with Gasteiger partial charge in [0.25, 0.3) is 0 Å². The van der Waals surface area contributed by atoms with Crippen molar-refractivity contribution in [2.45, 2.75) is 98.4 Å². The second-order valence-corrected chi connectivity index (χ2v) is 10.6. The summed E-state index contributed by atoms with van der Waals surface area (Å²) < 4.78 is 10.3. The molecule has 9 heteroatoms. The maximum atomic E-state index is 13.8. The molecule has 0 saturated carbocycles. The Labute approximate surface area is 221 Å². The molecule has 0 aliphatic heterocycles. The molecule has 3 atom stereocenters. The highest BCUT2D eigenvalue weighted by Crippen LogP contribution is 2.27. The first-order valence-electron chi connectivity index (χ1n) is 13.1. The lowest BCUT2D eigenvalue weighted by molar-refractivity contribution is -0.145. The first-order chi connectivity index (χ1) is 17.3. The van der Waals surface area contributed by atoms with Gasteiger partial charge in [0.05, 0.1) is 13.0 Å². The summed E-state index contributed by atoms with van der Waals surface area (Å²) in [6.45, 7) is 15.0. The van der Waals surface area contributed by atoms with E-state index in [2.05, 4.69) is 24.5 Å². The summed E-state index contributed by atoms with van der Waals surface area (Å²) >= 11 is 0. The molecule has 1 rings (SSSR count). The number of carbonyl (C=O) groups is 4. The highest BCUT2D eigenvalue weighted by molar-refractivity contribution is 5.92. The molecular weight excluding hydrogens is 474 g/mol. The van der Waals surface area contributed by atoms with Crippen LogP contribution in [0.15, 0.2) is 30.3 Å². The predicted octanol–water partition coefficient (Wildman–Crippen LogP) is 4.36. The number of amides is 3. The van der Waals surface area contributed by atoms with Crippen LogP contribution < -0.4 is 10.6 Å². The Morgan fingerprint density at radius 1 is 0.973 bits per heavy atom. The number of rotatable bonds is 13. The zero-order valence-corrected chi connectivity index (χ0v) is 23.6. The van der Waals surface area contributed by atoms with Crippen molar-refractivity contribution in [3.8, 4) is 0 Å². The van der Waals surface area contributed by atoms with Crippen LogP contribution >= 0.6 is 0 Å². The minimum Gasteiger partial charge on any atom is -0.466 e.